The molecule has 0 aromatic carbocycles. The van der Waals surface area contributed by atoms with Crippen molar-refractivity contribution in [3.05, 3.63) is 23.9 Å². The monoisotopic (exact) mass is 248 g/mol. The van der Waals surface area contributed by atoms with Gasteiger partial charge in [0.05, 0.1) is 0 Å². The van der Waals surface area contributed by atoms with E-state index in [2.05, 4.69) is 4.98 Å². The normalized spacial score (nSPS) is 11.6. The Morgan fingerprint density at radius 2 is 1.71 bits per heavy atom. The Kier molecular flexibility index (Phi) is 4.71. The number of anilines is 1. The van der Waals surface area contributed by atoms with Crippen LogP contribution < -0.4 is 16.4 Å². The maximum absolute atomic E-state index is 12.5. The SMILES string of the molecule is NCCN(CCN)c1cccc(C(F)(F)F)n1. The van der Waals surface area contributed by atoms with Crippen molar-refractivity contribution in [3.8, 4) is 0 Å². The molecule has 17 heavy (non-hydrogen) atoms. The third-order valence-electron chi connectivity index (χ3n) is 2.15. The van der Waals surface area contributed by atoms with Crippen molar-refractivity contribution in [2.45, 2.75) is 6.18 Å². The number of hydrogen-bond donors (Lipinski definition) is 2. The highest BCUT2D eigenvalue weighted by Gasteiger charge is 2.32. The highest BCUT2D eigenvalue weighted by molar-refractivity contribution is 5.39. The van der Waals surface area contributed by atoms with Crippen LogP contribution in [0, 0.1) is 0 Å². The summed E-state index contributed by atoms with van der Waals surface area (Å²) in [5, 5.41) is 0. The Morgan fingerprint density at radius 3 is 2.18 bits per heavy atom. The molecule has 1 aromatic heterocycles. The first-order valence-corrected chi connectivity index (χ1v) is 5.18. The Labute approximate surface area is 97.4 Å². The zero-order chi connectivity index (χ0) is 12.9. The summed E-state index contributed by atoms with van der Waals surface area (Å²) in [6.45, 7) is 1.51. The fourth-order valence-corrected chi connectivity index (χ4v) is 1.41. The molecule has 0 fully saturated rings. The second-order valence-corrected chi connectivity index (χ2v) is 3.44. The minimum atomic E-state index is -4.44. The predicted octanol–water partition coefficient (Wildman–Crippen LogP) is 0.824. The quantitative estimate of drug-likeness (QED) is 0.809. The highest BCUT2D eigenvalue weighted by Crippen LogP contribution is 2.28. The number of rotatable bonds is 5. The molecule has 4 nitrogen and oxygen atoms in total. The van der Waals surface area contributed by atoms with Crippen LogP contribution in [0.4, 0.5) is 19.0 Å². The Hall–Kier alpha value is -1.34. The molecule has 0 aliphatic rings. The third-order valence-corrected chi connectivity index (χ3v) is 2.15. The number of hydrogen-bond acceptors (Lipinski definition) is 4. The van der Waals surface area contributed by atoms with Crippen LogP contribution in [-0.2, 0) is 6.18 Å². The van der Waals surface area contributed by atoms with E-state index in [1.165, 1.54) is 12.1 Å². The minimum Gasteiger partial charge on any atom is -0.354 e. The average Bonchev–Trinajstić information content (AvgIpc) is 2.28. The van der Waals surface area contributed by atoms with E-state index in [-0.39, 0.29) is 5.82 Å². The van der Waals surface area contributed by atoms with Crippen LogP contribution in [0.1, 0.15) is 5.69 Å². The lowest BCUT2D eigenvalue weighted by molar-refractivity contribution is -0.141. The van der Waals surface area contributed by atoms with E-state index < -0.39 is 11.9 Å². The molecule has 0 amide bonds. The third kappa shape index (κ3) is 3.86. The molecule has 0 aliphatic heterocycles. The molecule has 0 saturated heterocycles. The van der Waals surface area contributed by atoms with Gasteiger partial charge in [0.15, 0.2) is 0 Å². The molecule has 0 bridgehead atoms. The van der Waals surface area contributed by atoms with Gasteiger partial charge in [-0.05, 0) is 12.1 Å². The maximum atomic E-state index is 12.5. The van der Waals surface area contributed by atoms with Crippen molar-refractivity contribution in [1.29, 1.82) is 0 Å². The zero-order valence-electron chi connectivity index (χ0n) is 9.24. The fourth-order valence-electron chi connectivity index (χ4n) is 1.41. The van der Waals surface area contributed by atoms with Crippen molar-refractivity contribution in [3.63, 3.8) is 0 Å². The Bertz CT molecular complexity index is 348. The number of nitrogens with zero attached hydrogens (tertiary/aromatic N) is 2. The van der Waals surface area contributed by atoms with Gasteiger partial charge in [-0.3, -0.25) is 0 Å². The average molecular weight is 248 g/mol. The molecular weight excluding hydrogens is 233 g/mol. The van der Waals surface area contributed by atoms with Gasteiger partial charge >= 0.3 is 6.18 Å². The van der Waals surface area contributed by atoms with Crippen molar-refractivity contribution < 1.29 is 13.2 Å². The number of alkyl halides is 3. The van der Waals surface area contributed by atoms with Crippen LogP contribution in [-0.4, -0.2) is 31.2 Å². The van der Waals surface area contributed by atoms with Crippen LogP contribution in [0.5, 0.6) is 0 Å². The second kappa shape index (κ2) is 5.83. The molecule has 0 radical (unpaired) electrons. The van der Waals surface area contributed by atoms with E-state index in [1.54, 1.807) is 4.90 Å². The second-order valence-electron chi connectivity index (χ2n) is 3.44. The Morgan fingerprint density at radius 1 is 1.12 bits per heavy atom. The lowest BCUT2D eigenvalue weighted by Gasteiger charge is -2.22. The van der Waals surface area contributed by atoms with Gasteiger partial charge in [-0.2, -0.15) is 13.2 Å². The molecule has 1 aromatic rings. The van der Waals surface area contributed by atoms with Crippen molar-refractivity contribution in [2.75, 3.05) is 31.1 Å². The molecule has 0 spiro atoms. The van der Waals surface area contributed by atoms with Crippen molar-refractivity contribution >= 4 is 5.82 Å². The largest absolute Gasteiger partial charge is 0.433 e. The molecule has 96 valence electrons. The first-order chi connectivity index (χ1) is 7.99. The standard InChI is InChI=1S/C10H15F3N4/c11-10(12,13)8-2-1-3-9(16-8)17(6-4-14)7-5-15/h1-3H,4-7,14-15H2. The predicted molar refractivity (Wildman–Crippen MR) is 59.6 cm³/mol. The van der Waals surface area contributed by atoms with E-state index >= 15 is 0 Å². The summed E-state index contributed by atoms with van der Waals surface area (Å²) in [7, 11) is 0. The summed E-state index contributed by atoms with van der Waals surface area (Å²) in [5.74, 6) is 0.246. The molecule has 0 unspecified atom stereocenters. The first kappa shape index (κ1) is 13.7. The molecule has 1 rings (SSSR count). The topological polar surface area (TPSA) is 68.2 Å². The van der Waals surface area contributed by atoms with E-state index in [0.717, 1.165) is 6.07 Å². The molecule has 0 saturated carbocycles. The minimum absolute atomic E-state index is 0.246. The van der Waals surface area contributed by atoms with Crippen LogP contribution >= 0.6 is 0 Å². The zero-order valence-corrected chi connectivity index (χ0v) is 9.24. The van der Waals surface area contributed by atoms with Gasteiger partial charge in [-0.25, -0.2) is 4.98 Å². The lowest BCUT2D eigenvalue weighted by Crippen LogP contribution is -2.34. The molecule has 1 heterocycles. The van der Waals surface area contributed by atoms with E-state index in [0.29, 0.717) is 26.2 Å². The summed E-state index contributed by atoms with van der Waals surface area (Å²) in [6, 6.07) is 3.78. The number of aromatic nitrogens is 1. The van der Waals surface area contributed by atoms with Gasteiger partial charge in [0, 0.05) is 26.2 Å². The summed E-state index contributed by atoms with van der Waals surface area (Å²) in [6.07, 6.45) is -4.44. The maximum Gasteiger partial charge on any atom is 0.433 e. The smallest absolute Gasteiger partial charge is 0.354 e. The van der Waals surface area contributed by atoms with Gasteiger partial charge in [0.2, 0.25) is 0 Å². The van der Waals surface area contributed by atoms with E-state index in [9.17, 15) is 13.2 Å². The Balaban J connectivity index is 2.95. The van der Waals surface area contributed by atoms with Gasteiger partial charge in [0.25, 0.3) is 0 Å². The van der Waals surface area contributed by atoms with Gasteiger partial charge in [-0.15, -0.1) is 0 Å². The van der Waals surface area contributed by atoms with Crippen LogP contribution in [0.15, 0.2) is 18.2 Å². The van der Waals surface area contributed by atoms with Crippen molar-refractivity contribution in [1.82, 2.24) is 4.98 Å². The summed E-state index contributed by atoms with van der Waals surface area (Å²) >= 11 is 0. The number of halogens is 3. The highest BCUT2D eigenvalue weighted by atomic mass is 19.4. The first-order valence-electron chi connectivity index (χ1n) is 5.18. The van der Waals surface area contributed by atoms with E-state index in [4.69, 9.17) is 11.5 Å². The fraction of sp³-hybridized carbons (Fsp3) is 0.500. The van der Waals surface area contributed by atoms with Crippen molar-refractivity contribution in [2.24, 2.45) is 11.5 Å². The van der Waals surface area contributed by atoms with Gasteiger partial charge < -0.3 is 16.4 Å². The molecule has 0 atom stereocenters. The number of pyridine rings is 1. The molecular formula is C10H15F3N4. The molecule has 4 N–H and O–H groups in total. The number of nitrogens with two attached hydrogens (primary N) is 2. The van der Waals surface area contributed by atoms with E-state index in [1.807, 2.05) is 0 Å². The summed E-state index contributed by atoms with van der Waals surface area (Å²) in [4.78, 5) is 5.21. The van der Waals surface area contributed by atoms with Crippen LogP contribution in [0.2, 0.25) is 0 Å². The summed E-state index contributed by atoms with van der Waals surface area (Å²) in [5.41, 5.74) is 9.87. The molecule has 0 aliphatic carbocycles. The van der Waals surface area contributed by atoms with Gasteiger partial charge in [-0.1, -0.05) is 6.07 Å². The van der Waals surface area contributed by atoms with Crippen LogP contribution in [0.3, 0.4) is 0 Å². The summed E-state index contributed by atoms with van der Waals surface area (Å²) < 4.78 is 37.4. The molecule has 7 heteroatoms. The lowest BCUT2D eigenvalue weighted by atomic mass is 10.3. The van der Waals surface area contributed by atoms with Crippen LogP contribution in [0.25, 0.3) is 0 Å². The van der Waals surface area contributed by atoms with Gasteiger partial charge in [0.1, 0.15) is 11.5 Å².